The van der Waals surface area contributed by atoms with Crippen LogP contribution in [-0.4, -0.2) is 26.1 Å². The van der Waals surface area contributed by atoms with Crippen molar-refractivity contribution >= 4 is 34.1 Å². The Kier molecular flexibility index (Phi) is 5.74. The number of rotatable bonds is 5. The summed E-state index contributed by atoms with van der Waals surface area (Å²) in [6.07, 6.45) is 3.49. The van der Waals surface area contributed by atoms with Crippen LogP contribution in [0.5, 0.6) is 0 Å². The van der Waals surface area contributed by atoms with Crippen molar-refractivity contribution in [3.63, 3.8) is 0 Å². The number of benzene rings is 3. The van der Waals surface area contributed by atoms with Crippen molar-refractivity contribution in [3.05, 3.63) is 96.3 Å². The monoisotopic (exact) mass is 462 g/mol. The van der Waals surface area contributed by atoms with E-state index >= 15 is 0 Å². The molecule has 0 aliphatic carbocycles. The highest BCUT2D eigenvalue weighted by atomic mass is 16.1. The molecule has 0 spiro atoms. The van der Waals surface area contributed by atoms with Crippen molar-refractivity contribution in [2.75, 3.05) is 10.6 Å². The van der Waals surface area contributed by atoms with Crippen LogP contribution in [0.4, 0.5) is 17.3 Å². The van der Waals surface area contributed by atoms with Crippen molar-refractivity contribution in [2.24, 2.45) is 0 Å². The van der Waals surface area contributed by atoms with Crippen LogP contribution in [0, 0.1) is 0 Å². The van der Waals surface area contributed by atoms with Gasteiger partial charge in [-0.05, 0) is 59.5 Å². The Morgan fingerprint density at radius 1 is 0.914 bits per heavy atom. The molecule has 3 aromatic carbocycles. The number of anilines is 3. The molecule has 5 rings (SSSR count). The van der Waals surface area contributed by atoms with Gasteiger partial charge in [-0.3, -0.25) is 9.89 Å². The minimum Gasteiger partial charge on any atom is -0.324 e. The fourth-order valence-corrected chi connectivity index (χ4v) is 3.80. The number of nitrogens with one attached hydrogen (secondary N) is 3. The largest absolute Gasteiger partial charge is 0.324 e. The van der Waals surface area contributed by atoms with Gasteiger partial charge in [-0.25, -0.2) is 9.97 Å². The Bertz CT molecular complexity index is 1500. The van der Waals surface area contributed by atoms with Crippen LogP contribution < -0.4 is 10.6 Å². The van der Waals surface area contributed by atoms with Gasteiger partial charge in [0.15, 0.2) is 0 Å². The predicted octanol–water partition coefficient (Wildman–Crippen LogP) is 6.31. The second kappa shape index (κ2) is 9.02. The lowest BCUT2D eigenvalue weighted by atomic mass is 9.87. The van der Waals surface area contributed by atoms with E-state index in [1.807, 2.05) is 72.8 Å². The molecule has 1 amide bonds. The molecule has 0 saturated carbocycles. The third-order valence-electron chi connectivity index (χ3n) is 5.78. The Hall–Kier alpha value is -4.52. The summed E-state index contributed by atoms with van der Waals surface area (Å²) in [4.78, 5) is 21.8. The van der Waals surface area contributed by atoms with E-state index in [1.54, 1.807) is 12.4 Å². The van der Waals surface area contributed by atoms with Gasteiger partial charge in [0, 0.05) is 34.1 Å². The molecule has 35 heavy (non-hydrogen) atoms. The highest BCUT2D eigenvalue weighted by Gasteiger charge is 2.14. The second-order valence-electron chi connectivity index (χ2n) is 9.42. The third-order valence-corrected chi connectivity index (χ3v) is 5.78. The SMILES string of the molecule is CC(C)(C)c1ccc(C(=O)Nc2cccc(-c3ccnc(Nc4ccc5cn[nH]c5c4)n3)c2)cc1. The number of carbonyl (C=O) groups is 1. The summed E-state index contributed by atoms with van der Waals surface area (Å²) in [6, 6.07) is 23.1. The van der Waals surface area contributed by atoms with Gasteiger partial charge in [0.2, 0.25) is 5.95 Å². The summed E-state index contributed by atoms with van der Waals surface area (Å²) in [5.74, 6) is 0.330. The normalized spacial score (nSPS) is 11.4. The van der Waals surface area contributed by atoms with Crippen LogP contribution in [0.25, 0.3) is 22.2 Å². The van der Waals surface area contributed by atoms with Crippen molar-refractivity contribution < 1.29 is 4.79 Å². The molecule has 3 N–H and O–H groups in total. The van der Waals surface area contributed by atoms with E-state index in [1.165, 1.54) is 5.56 Å². The molecule has 0 aliphatic rings. The number of hydrogen-bond acceptors (Lipinski definition) is 5. The molecule has 0 fully saturated rings. The first-order valence-electron chi connectivity index (χ1n) is 11.4. The fourth-order valence-electron chi connectivity index (χ4n) is 3.80. The van der Waals surface area contributed by atoms with Crippen LogP contribution in [0.3, 0.4) is 0 Å². The van der Waals surface area contributed by atoms with Gasteiger partial charge in [0.1, 0.15) is 0 Å². The van der Waals surface area contributed by atoms with Gasteiger partial charge in [0.25, 0.3) is 5.91 Å². The van der Waals surface area contributed by atoms with Crippen LogP contribution in [0.2, 0.25) is 0 Å². The number of nitrogens with zero attached hydrogens (tertiary/aromatic N) is 3. The number of fused-ring (bicyclic) bond motifs is 1. The number of aromatic nitrogens is 4. The number of aromatic amines is 1. The molecule has 0 unspecified atom stereocenters. The van der Waals surface area contributed by atoms with E-state index in [4.69, 9.17) is 0 Å². The maximum absolute atomic E-state index is 12.8. The summed E-state index contributed by atoms with van der Waals surface area (Å²) >= 11 is 0. The van der Waals surface area contributed by atoms with E-state index in [2.05, 4.69) is 51.6 Å². The van der Waals surface area contributed by atoms with Crippen LogP contribution in [0.15, 0.2) is 85.2 Å². The maximum atomic E-state index is 12.8. The first-order valence-corrected chi connectivity index (χ1v) is 11.4. The third kappa shape index (κ3) is 5.04. The van der Waals surface area contributed by atoms with Crippen LogP contribution >= 0.6 is 0 Å². The molecular formula is C28H26N6O. The second-order valence-corrected chi connectivity index (χ2v) is 9.42. The van der Waals surface area contributed by atoms with Crippen LogP contribution in [0.1, 0.15) is 36.7 Å². The molecule has 0 radical (unpaired) electrons. The minimum absolute atomic E-state index is 0.0421. The lowest BCUT2D eigenvalue weighted by Crippen LogP contribution is -2.14. The van der Waals surface area contributed by atoms with Crippen molar-refractivity contribution in [3.8, 4) is 11.3 Å². The summed E-state index contributed by atoms with van der Waals surface area (Å²) in [5.41, 5.74) is 5.96. The number of amides is 1. The molecule has 5 aromatic rings. The predicted molar refractivity (Wildman–Crippen MR) is 140 cm³/mol. The molecule has 0 aliphatic heterocycles. The summed E-state index contributed by atoms with van der Waals surface area (Å²) in [7, 11) is 0. The summed E-state index contributed by atoms with van der Waals surface area (Å²) in [5, 5.41) is 14.3. The summed E-state index contributed by atoms with van der Waals surface area (Å²) < 4.78 is 0. The molecule has 7 heteroatoms. The molecule has 2 heterocycles. The van der Waals surface area contributed by atoms with Crippen molar-refractivity contribution in [2.45, 2.75) is 26.2 Å². The lowest BCUT2D eigenvalue weighted by molar-refractivity contribution is 0.102. The van der Waals surface area contributed by atoms with E-state index in [-0.39, 0.29) is 11.3 Å². The van der Waals surface area contributed by atoms with Gasteiger partial charge in [-0.1, -0.05) is 45.0 Å². The lowest BCUT2D eigenvalue weighted by Gasteiger charge is -2.19. The number of H-pyrrole nitrogens is 1. The van der Waals surface area contributed by atoms with E-state index in [9.17, 15) is 4.79 Å². The maximum Gasteiger partial charge on any atom is 0.255 e. The van der Waals surface area contributed by atoms with Gasteiger partial charge >= 0.3 is 0 Å². The minimum atomic E-state index is -0.151. The summed E-state index contributed by atoms with van der Waals surface area (Å²) in [6.45, 7) is 6.46. The molecule has 0 saturated heterocycles. The topological polar surface area (TPSA) is 95.6 Å². The first kappa shape index (κ1) is 22.3. The van der Waals surface area contributed by atoms with Crippen molar-refractivity contribution in [1.29, 1.82) is 0 Å². The molecular weight excluding hydrogens is 436 g/mol. The number of hydrogen-bond donors (Lipinski definition) is 3. The highest BCUT2D eigenvalue weighted by Crippen LogP contribution is 2.25. The van der Waals surface area contributed by atoms with Gasteiger partial charge < -0.3 is 10.6 Å². The Balaban J connectivity index is 1.32. The van der Waals surface area contributed by atoms with Crippen molar-refractivity contribution in [1.82, 2.24) is 20.2 Å². The highest BCUT2D eigenvalue weighted by molar-refractivity contribution is 6.04. The molecule has 174 valence electrons. The van der Waals surface area contributed by atoms with Crippen LogP contribution in [-0.2, 0) is 5.41 Å². The van der Waals surface area contributed by atoms with Gasteiger partial charge in [-0.15, -0.1) is 0 Å². The fraction of sp³-hybridized carbons (Fsp3) is 0.143. The molecule has 7 nitrogen and oxygen atoms in total. The zero-order valence-corrected chi connectivity index (χ0v) is 19.8. The zero-order valence-electron chi connectivity index (χ0n) is 19.8. The zero-order chi connectivity index (χ0) is 24.4. The quantitative estimate of drug-likeness (QED) is 0.284. The average Bonchev–Trinajstić information content (AvgIpc) is 3.32. The molecule has 2 aromatic heterocycles. The van der Waals surface area contributed by atoms with E-state index in [0.717, 1.165) is 27.8 Å². The number of carbonyl (C=O) groups excluding carboxylic acids is 1. The van der Waals surface area contributed by atoms with E-state index < -0.39 is 0 Å². The Labute approximate surface area is 203 Å². The average molecular weight is 463 g/mol. The molecule has 0 bridgehead atoms. The standard InChI is InChI=1S/C28H26N6O/c1-28(2,3)21-10-7-18(8-11-21)26(35)31-22-6-4-5-19(15-22)24-13-14-29-27(33-24)32-23-12-9-20-17-30-34-25(20)16-23/h4-17H,1-3H3,(H,30,34)(H,31,35)(H,29,32,33). The first-order chi connectivity index (χ1) is 16.8. The van der Waals surface area contributed by atoms with E-state index in [0.29, 0.717) is 17.2 Å². The Morgan fingerprint density at radius 3 is 2.54 bits per heavy atom. The smallest absolute Gasteiger partial charge is 0.255 e. The van der Waals surface area contributed by atoms with Gasteiger partial charge in [0.05, 0.1) is 17.4 Å². The molecule has 0 atom stereocenters. The Morgan fingerprint density at radius 2 is 1.74 bits per heavy atom. The van der Waals surface area contributed by atoms with Gasteiger partial charge in [-0.2, -0.15) is 5.10 Å².